The van der Waals surface area contributed by atoms with Gasteiger partial charge >= 0.3 is 0 Å². The van der Waals surface area contributed by atoms with Crippen LogP contribution in [0.25, 0.3) is 0 Å². The molecule has 1 heterocycles. The van der Waals surface area contributed by atoms with Gasteiger partial charge in [-0.1, -0.05) is 30.3 Å². The van der Waals surface area contributed by atoms with E-state index in [0.29, 0.717) is 0 Å². The summed E-state index contributed by atoms with van der Waals surface area (Å²) in [7, 11) is 4.13. The molecule has 0 amide bonds. The number of hydrogen-bond acceptors (Lipinski definition) is 3. The van der Waals surface area contributed by atoms with E-state index in [1.54, 1.807) is 0 Å². The molecular formula is C17H23N3. The van der Waals surface area contributed by atoms with E-state index >= 15 is 0 Å². The quantitative estimate of drug-likeness (QED) is 0.837. The van der Waals surface area contributed by atoms with Crippen molar-refractivity contribution in [3.63, 3.8) is 0 Å². The number of aromatic nitrogens is 1. The molecule has 0 unspecified atom stereocenters. The Labute approximate surface area is 121 Å². The van der Waals surface area contributed by atoms with Gasteiger partial charge in [0.05, 0.1) is 0 Å². The van der Waals surface area contributed by atoms with E-state index in [2.05, 4.69) is 52.6 Å². The second kappa shape index (κ2) is 7.78. The minimum absolute atomic E-state index is 0.926. The molecule has 0 spiro atoms. The van der Waals surface area contributed by atoms with Gasteiger partial charge in [-0.05, 0) is 49.8 Å². The van der Waals surface area contributed by atoms with E-state index in [4.69, 9.17) is 0 Å². The molecule has 0 aliphatic carbocycles. The average molecular weight is 269 g/mol. The molecule has 2 aromatic rings. The average Bonchev–Trinajstić information content (AvgIpc) is 2.47. The molecule has 2 rings (SSSR count). The van der Waals surface area contributed by atoms with Crippen LogP contribution < -0.4 is 5.32 Å². The largest absolute Gasteiger partial charge is 0.319 e. The summed E-state index contributed by atoms with van der Waals surface area (Å²) in [5.74, 6) is 0. The van der Waals surface area contributed by atoms with Crippen LogP contribution >= 0.6 is 0 Å². The van der Waals surface area contributed by atoms with Crippen LogP contribution in [-0.2, 0) is 19.5 Å². The predicted molar refractivity (Wildman–Crippen MR) is 83.5 cm³/mol. The van der Waals surface area contributed by atoms with Crippen LogP contribution in [0.5, 0.6) is 0 Å². The number of nitrogens with zero attached hydrogens (tertiary/aromatic N) is 2. The summed E-state index contributed by atoms with van der Waals surface area (Å²) in [6.07, 6.45) is 4.83. The summed E-state index contributed by atoms with van der Waals surface area (Å²) in [6.45, 7) is 2.91. The summed E-state index contributed by atoms with van der Waals surface area (Å²) in [6, 6.07) is 13.0. The molecule has 106 valence electrons. The summed E-state index contributed by atoms with van der Waals surface area (Å²) < 4.78 is 0. The maximum Gasteiger partial charge on any atom is 0.0312 e. The molecule has 3 heteroatoms. The van der Waals surface area contributed by atoms with Crippen molar-refractivity contribution in [2.24, 2.45) is 0 Å². The molecule has 0 bridgehead atoms. The highest BCUT2D eigenvalue weighted by Crippen LogP contribution is 2.09. The van der Waals surface area contributed by atoms with Gasteiger partial charge in [-0.25, -0.2) is 0 Å². The van der Waals surface area contributed by atoms with Gasteiger partial charge < -0.3 is 5.32 Å². The Balaban J connectivity index is 1.86. The lowest BCUT2D eigenvalue weighted by Crippen LogP contribution is -2.17. The molecule has 1 N–H and O–H groups in total. The van der Waals surface area contributed by atoms with E-state index in [1.165, 1.54) is 16.7 Å². The molecule has 0 fully saturated rings. The van der Waals surface area contributed by atoms with Crippen LogP contribution in [0.3, 0.4) is 0 Å². The summed E-state index contributed by atoms with van der Waals surface area (Å²) in [4.78, 5) is 6.46. The lowest BCUT2D eigenvalue weighted by molar-refractivity contribution is 0.318. The molecular weight excluding hydrogens is 246 g/mol. The summed E-state index contributed by atoms with van der Waals surface area (Å²) in [5.41, 5.74) is 3.99. The van der Waals surface area contributed by atoms with Crippen LogP contribution in [0.1, 0.15) is 16.7 Å². The van der Waals surface area contributed by atoms with Crippen molar-refractivity contribution < 1.29 is 0 Å². The SMILES string of the molecule is CNCCc1ccc(CN(C)Cc2cccnc2)cc1. The molecule has 0 saturated heterocycles. The Bertz CT molecular complexity index is 493. The first-order valence-electron chi connectivity index (χ1n) is 7.08. The van der Waals surface area contributed by atoms with E-state index in [0.717, 1.165) is 26.1 Å². The zero-order chi connectivity index (χ0) is 14.2. The Kier molecular flexibility index (Phi) is 5.71. The highest BCUT2D eigenvalue weighted by Gasteiger charge is 2.02. The fourth-order valence-corrected chi connectivity index (χ4v) is 2.25. The Hall–Kier alpha value is -1.71. The first-order chi connectivity index (χ1) is 9.78. The van der Waals surface area contributed by atoms with Crippen molar-refractivity contribution in [1.29, 1.82) is 0 Å². The third kappa shape index (κ3) is 4.76. The number of likely N-dealkylation sites (N-methyl/N-ethyl adjacent to an activating group) is 1. The Morgan fingerprint density at radius 3 is 2.35 bits per heavy atom. The van der Waals surface area contributed by atoms with Crippen LogP contribution in [0, 0.1) is 0 Å². The van der Waals surface area contributed by atoms with Gasteiger partial charge in [-0.3, -0.25) is 9.88 Å². The van der Waals surface area contributed by atoms with Crippen LogP contribution in [0.2, 0.25) is 0 Å². The third-order valence-electron chi connectivity index (χ3n) is 3.31. The van der Waals surface area contributed by atoms with Crippen LogP contribution in [-0.4, -0.2) is 30.5 Å². The zero-order valence-corrected chi connectivity index (χ0v) is 12.3. The van der Waals surface area contributed by atoms with E-state index in [-0.39, 0.29) is 0 Å². The van der Waals surface area contributed by atoms with Crippen LogP contribution in [0.15, 0.2) is 48.8 Å². The lowest BCUT2D eigenvalue weighted by Gasteiger charge is -2.16. The molecule has 0 aliphatic heterocycles. The lowest BCUT2D eigenvalue weighted by atomic mass is 10.1. The zero-order valence-electron chi connectivity index (χ0n) is 12.3. The second-order valence-electron chi connectivity index (χ2n) is 5.20. The number of rotatable bonds is 7. The van der Waals surface area contributed by atoms with E-state index < -0.39 is 0 Å². The molecule has 0 saturated carbocycles. The van der Waals surface area contributed by atoms with Crippen molar-refractivity contribution in [2.45, 2.75) is 19.5 Å². The molecule has 0 aliphatic rings. The number of hydrogen-bond donors (Lipinski definition) is 1. The first-order valence-corrected chi connectivity index (χ1v) is 7.08. The topological polar surface area (TPSA) is 28.2 Å². The minimum atomic E-state index is 0.926. The minimum Gasteiger partial charge on any atom is -0.319 e. The van der Waals surface area contributed by atoms with Crippen molar-refractivity contribution in [1.82, 2.24) is 15.2 Å². The Morgan fingerprint density at radius 1 is 1.00 bits per heavy atom. The third-order valence-corrected chi connectivity index (χ3v) is 3.31. The van der Waals surface area contributed by atoms with Crippen molar-refractivity contribution in [3.8, 4) is 0 Å². The van der Waals surface area contributed by atoms with E-state index in [9.17, 15) is 0 Å². The van der Waals surface area contributed by atoms with Crippen molar-refractivity contribution in [3.05, 3.63) is 65.5 Å². The van der Waals surface area contributed by atoms with Crippen molar-refractivity contribution >= 4 is 0 Å². The van der Waals surface area contributed by atoms with Gasteiger partial charge in [0.25, 0.3) is 0 Å². The number of nitrogens with one attached hydrogen (secondary N) is 1. The van der Waals surface area contributed by atoms with Crippen LogP contribution in [0.4, 0.5) is 0 Å². The first kappa shape index (κ1) is 14.7. The van der Waals surface area contributed by atoms with Gasteiger partial charge in [-0.15, -0.1) is 0 Å². The van der Waals surface area contributed by atoms with Gasteiger partial charge in [0, 0.05) is 25.5 Å². The molecule has 20 heavy (non-hydrogen) atoms. The normalized spacial score (nSPS) is 10.9. The smallest absolute Gasteiger partial charge is 0.0312 e. The molecule has 1 aromatic heterocycles. The maximum absolute atomic E-state index is 4.15. The Morgan fingerprint density at radius 2 is 1.70 bits per heavy atom. The van der Waals surface area contributed by atoms with E-state index in [1.807, 2.05) is 25.5 Å². The maximum atomic E-state index is 4.15. The highest BCUT2D eigenvalue weighted by atomic mass is 15.1. The second-order valence-corrected chi connectivity index (χ2v) is 5.20. The molecule has 0 radical (unpaired) electrons. The monoisotopic (exact) mass is 269 g/mol. The van der Waals surface area contributed by atoms with Crippen molar-refractivity contribution in [2.75, 3.05) is 20.6 Å². The molecule has 3 nitrogen and oxygen atoms in total. The predicted octanol–water partition coefficient (Wildman–Crippen LogP) is 2.48. The summed E-state index contributed by atoms with van der Waals surface area (Å²) >= 11 is 0. The molecule has 0 atom stereocenters. The standard InChI is InChI=1S/C17H23N3/c1-18-11-9-15-5-7-16(8-6-15)13-20(2)14-17-4-3-10-19-12-17/h3-8,10,12,18H,9,11,13-14H2,1-2H3. The number of benzene rings is 1. The van der Waals surface area contributed by atoms with Gasteiger partial charge in [0.2, 0.25) is 0 Å². The molecule has 1 aromatic carbocycles. The highest BCUT2D eigenvalue weighted by molar-refractivity contribution is 5.23. The van der Waals surface area contributed by atoms with Gasteiger partial charge in [0.1, 0.15) is 0 Å². The fraction of sp³-hybridized carbons (Fsp3) is 0.353. The fourth-order valence-electron chi connectivity index (χ4n) is 2.25. The van der Waals surface area contributed by atoms with Gasteiger partial charge in [0.15, 0.2) is 0 Å². The number of pyridine rings is 1. The summed E-state index contributed by atoms with van der Waals surface area (Å²) in [5, 5.41) is 3.18. The van der Waals surface area contributed by atoms with Gasteiger partial charge in [-0.2, -0.15) is 0 Å².